The van der Waals surface area contributed by atoms with Gasteiger partial charge in [0, 0.05) is 104 Å². The van der Waals surface area contributed by atoms with Crippen LogP contribution in [0.5, 0.6) is 0 Å². The van der Waals surface area contributed by atoms with Gasteiger partial charge >= 0.3 is 0 Å². The molecule has 6 amide bonds. The predicted octanol–water partition coefficient (Wildman–Crippen LogP) is 11.9. The molecule has 4 saturated heterocycles. The lowest BCUT2D eigenvalue weighted by Crippen LogP contribution is -2.52. The van der Waals surface area contributed by atoms with Gasteiger partial charge in [0.15, 0.2) is 24.9 Å². The van der Waals surface area contributed by atoms with Gasteiger partial charge in [-0.3, -0.25) is 28.8 Å². The number of aromatic nitrogens is 6. The van der Waals surface area contributed by atoms with Gasteiger partial charge in [-0.2, -0.15) is 0 Å². The van der Waals surface area contributed by atoms with Gasteiger partial charge in [0.25, 0.3) is 35.4 Å². The van der Waals surface area contributed by atoms with Crippen molar-refractivity contribution >= 4 is 96.7 Å². The van der Waals surface area contributed by atoms with Crippen LogP contribution in [-0.4, -0.2) is 196 Å². The molecule has 0 unspecified atom stereocenters. The molecule has 4 aliphatic heterocycles. The fourth-order valence-corrected chi connectivity index (χ4v) is 18.2. The van der Waals surface area contributed by atoms with Crippen molar-refractivity contribution in [2.24, 2.45) is 0 Å². The zero-order valence-corrected chi connectivity index (χ0v) is 63.8. The average molecular weight is 1510 g/mol. The van der Waals surface area contributed by atoms with E-state index in [9.17, 15) is 47.4 Å². The fourth-order valence-electron chi connectivity index (χ4n) is 13.8. The Balaban J connectivity index is 0.000000179. The van der Waals surface area contributed by atoms with E-state index in [1.54, 1.807) is 46.3 Å². The number of aryl methyl sites for hydroxylation is 3. The highest BCUT2D eigenvalue weighted by molar-refractivity contribution is 7.92. The number of hydrogen-bond acceptors (Lipinski definition) is 22. The molecule has 104 heavy (non-hydrogen) atoms. The van der Waals surface area contributed by atoms with Crippen molar-refractivity contribution in [3.8, 4) is 31.3 Å². The number of rotatable bonds is 20. The molecule has 10 heterocycles. The number of likely N-dealkylation sites (tertiary alicyclic amines) is 3. The summed E-state index contributed by atoms with van der Waals surface area (Å²) in [7, 11) is -3.06. The Hall–Kier alpha value is -7.57. The first kappa shape index (κ1) is 80.5. The second-order valence-corrected chi connectivity index (χ2v) is 35.5. The van der Waals surface area contributed by atoms with Crippen LogP contribution in [0.4, 0.5) is 17.5 Å². The first-order chi connectivity index (χ1) is 48.3. The van der Waals surface area contributed by atoms with Crippen LogP contribution >= 0.6 is 34.0 Å². The summed E-state index contributed by atoms with van der Waals surface area (Å²) in [4.78, 5) is 114. The van der Waals surface area contributed by atoms with Crippen LogP contribution in [0.1, 0.15) is 251 Å². The Morgan fingerprint density at radius 2 is 0.837 bits per heavy atom. The van der Waals surface area contributed by atoms with Crippen LogP contribution in [0.25, 0.3) is 31.3 Å². The zero-order valence-electron chi connectivity index (χ0n) is 60.5. The van der Waals surface area contributed by atoms with Crippen LogP contribution in [0.3, 0.4) is 0 Å². The van der Waals surface area contributed by atoms with Crippen molar-refractivity contribution in [3.05, 3.63) is 85.6 Å². The SMILES string of the molecule is C.C.Cc1cc(NC2(C)CC2)ncc1-c1sc(C(=O)NCC(C)(C)O)nc1C(=O)N1CCC[C@@H]1C.Cc1cc(NC2CCCC2)ncc1-c1sc(C(=O)NC2CS(=O)(=O)C2)nc1C(=O)N1CCC[C@@H]1C.Cc1cc(NC2CCCC2)ncc1-c1sc(C(=O)NCC(C)(C)O)nc1C(=O)N1CCC[C@@H]1C. The minimum atomic E-state index is -3.06. The highest BCUT2D eigenvalue weighted by Crippen LogP contribution is 2.42. The van der Waals surface area contributed by atoms with Gasteiger partial charge in [-0.15, -0.1) is 34.0 Å². The molecule has 0 radical (unpaired) electrons. The number of sulfone groups is 1. The lowest BCUT2D eigenvalue weighted by atomic mass is 10.1. The Morgan fingerprint density at radius 1 is 0.510 bits per heavy atom. The molecule has 566 valence electrons. The Kier molecular flexibility index (Phi) is 25.9. The third-order valence-corrected chi connectivity index (χ3v) is 25.1. The summed E-state index contributed by atoms with van der Waals surface area (Å²) in [5.41, 5.74) is 4.17. The molecule has 8 N–H and O–H groups in total. The molecule has 0 bridgehead atoms. The third kappa shape index (κ3) is 19.9. The quantitative estimate of drug-likeness (QED) is 0.0352. The molecule has 7 fully saturated rings. The number of hydrogen-bond donors (Lipinski definition) is 8. The molecule has 0 spiro atoms. The van der Waals surface area contributed by atoms with Gasteiger partial charge in [-0.1, -0.05) is 40.5 Å². The summed E-state index contributed by atoms with van der Waals surface area (Å²) in [6.07, 6.45) is 22.8. The molecule has 3 saturated carbocycles. The zero-order chi connectivity index (χ0) is 73.2. The molecule has 29 heteroatoms. The summed E-state index contributed by atoms with van der Waals surface area (Å²) in [5, 5.41) is 39.2. The topological polar surface area (TPSA) is 336 Å². The van der Waals surface area contributed by atoms with Crippen molar-refractivity contribution in [1.82, 2.24) is 60.6 Å². The number of aliphatic hydroxyl groups is 2. The summed E-state index contributed by atoms with van der Waals surface area (Å²) >= 11 is 3.55. The molecular weight excluding hydrogens is 1400 g/mol. The Labute approximate surface area is 624 Å². The molecule has 7 aliphatic rings. The Bertz CT molecular complexity index is 4210. The predicted molar refractivity (Wildman–Crippen MR) is 413 cm³/mol. The van der Waals surface area contributed by atoms with Gasteiger partial charge in [0.05, 0.1) is 43.4 Å². The highest BCUT2D eigenvalue weighted by atomic mass is 32.2. The van der Waals surface area contributed by atoms with E-state index in [1.807, 2.05) is 74.4 Å². The third-order valence-electron chi connectivity index (χ3n) is 20.0. The second-order valence-electron chi connectivity index (χ2n) is 30.4. The summed E-state index contributed by atoms with van der Waals surface area (Å²) in [5.74, 6) is 0.604. The molecule has 3 aliphatic carbocycles. The maximum atomic E-state index is 13.5. The molecular formula is C75H107N15O10S4. The van der Waals surface area contributed by atoms with E-state index in [4.69, 9.17) is 0 Å². The fraction of sp³-hybridized carbons (Fsp3) is 0.600. The monoisotopic (exact) mass is 1510 g/mol. The number of thiazole rings is 3. The smallest absolute Gasteiger partial charge is 0.280 e. The lowest BCUT2D eigenvalue weighted by Gasteiger charge is -2.25. The highest BCUT2D eigenvalue weighted by Gasteiger charge is 2.40. The van der Waals surface area contributed by atoms with Crippen molar-refractivity contribution in [2.45, 2.75) is 247 Å². The average Bonchev–Trinajstić information content (AvgIpc) is 1.62. The van der Waals surface area contributed by atoms with E-state index in [0.717, 1.165) is 139 Å². The van der Waals surface area contributed by atoms with Crippen LogP contribution in [0.15, 0.2) is 36.8 Å². The van der Waals surface area contributed by atoms with Gasteiger partial charge in [0.1, 0.15) is 34.5 Å². The number of carbonyl (C=O) groups excluding carboxylic acids is 6. The first-order valence-electron chi connectivity index (χ1n) is 36.0. The van der Waals surface area contributed by atoms with Gasteiger partial charge in [0.2, 0.25) is 0 Å². The molecule has 13 rings (SSSR count). The number of carbonyl (C=O) groups is 6. The van der Waals surface area contributed by atoms with Crippen LogP contribution in [0.2, 0.25) is 0 Å². The van der Waals surface area contributed by atoms with E-state index in [2.05, 4.69) is 68.7 Å². The van der Waals surface area contributed by atoms with E-state index in [1.165, 1.54) is 48.4 Å². The summed E-state index contributed by atoms with van der Waals surface area (Å²) < 4.78 is 22.9. The van der Waals surface area contributed by atoms with Crippen LogP contribution < -0.4 is 31.9 Å². The van der Waals surface area contributed by atoms with E-state index >= 15 is 0 Å². The second kappa shape index (κ2) is 33.5. The Morgan fingerprint density at radius 3 is 1.13 bits per heavy atom. The van der Waals surface area contributed by atoms with Crippen LogP contribution in [-0.2, 0) is 9.84 Å². The van der Waals surface area contributed by atoms with E-state index in [0.29, 0.717) is 57.7 Å². The number of nitrogens with one attached hydrogen (secondary N) is 6. The molecule has 6 aromatic heterocycles. The van der Waals surface area contributed by atoms with E-state index in [-0.39, 0.29) is 102 Å². The van der Waals surface area contributed by atoms with E-state index < -0.39 is 44.8 Å². The van der Waals surface area contributed by atoms with Gasteiger partial charge < -0.3 is 56.8 Å². The van der Waals surface area contributed by atoms with Gasteiger partial charge in [-0.25, -0.2) is 38.3 Å². The summed E-state index contributed by atoms with van der Waals surface area (Å²) in [6, 6.07) is 6.87. The van der Waals surface area contributed by atoms with Gasteiger partial charge in [-0.05, 0) is 188 Å². The first-order valence-corrected chi connectivity index (χ1v) is 40.3. The molecule has 3 atom stereocenters. The largest absolute Gasteiger partial charge is 0.389 e. The molecule has 6 aromatic rings. The van der Waals surface area contributed by atoms with Crippen LogP contribution in [0, 0.1) is 20.8 Å². The van der Waals surface area contributed by atoms with Crippen molar-refractivity contribution in [3.63, 3.8) is 0 Å². The number of amides is 6. The number of nitrogens with zero attached hydrogens (tertiary/aromatic N) is 9. The van der Waals surface area contributed by atoms with Crippen molar-refractivity contribution in [1.29, 1.82) is 0 Å². The molecule has 25 nitrogen and oxygen atoms in total. The standard InChI is InChI=1S/C25H35N5O3S.C24H31N5O4S2.C24H33N5O3S.2CH4/c1-15-12-19(28-17-9-5-6-10-17)26-13-18(15)21-20(24(32)30-11-7-8-16(30)2)29-23(34-21)22(31)27-14-25(3,4)33;1-14-10-19(26-16-7-3-4-8-16)25-11-18(14)21-20(24(31)29-9-5-6-15(29)2)28-23(34-21)22(30)27-17-12-35(32,33)13-17;1-14-11-17(28-24(5)8-9-24)25-12-16(14)19-18(22(31)29-10-6-7-15(29)2)27-21(33-19)20(30)26-13-23(3,4)32;;/h12-13,16-17,33H,5-11,14H2,1-4H3,(H,26,28)(H,27,31);10-11,15-17H,3-9,12-13H2,1-2H3,(H,25,26)(H,27,30);11-12,15,32H,6-10,13H2,1-5H3,(H,25,28)(H,26,30);2*1H4/t16-;2*15-;;/m000../s1. The maximum absolute atomic E-state index is 13.5. The minimum Gasteiger partial charge on any atom is -0.389 e. The minimum absolute atomic E-state index is 0. The van der Waals surface area contributed by atoms with Crippen molar-refractivity contribution in [2.75, 3.05) is 60.2 Å². The number of pyridine rings is 3. The lowest BCUT2D eigenvalue weighted by molar-refractivity contribution is 0.0692. The normalized spacial score (nSPS) is 19.9. The number of anilines is 3. The summed E-state index contributed by atoms with van der Waals surface area (Å²) in [6.45, 7) is 23.0. The molecule has 0 aromatic carbocycles. The maximum Gasteiger partial charge on any atom is 0.280 e. The van der Waals surface area contributed by atoms with Crippen molar-refractivity contribution < 1.29 is 47.4 Å².